The highest BCUT2D eigenvalue weighted by Crippen LogP contribution is 2.29. The maximum Gasteiger partial charge on any atom is 0.414 e. The Bertz CT molecular complexity index is 1650. The van der Waals surface area contributed by atoms with Gasteiger partial charge in [0.25, 0.3) is 0 Å². The summed E-state index contributed by atoms with van der Waals surface area (Å²) in [5, 5.41) is 3.04. The number of nitrogens with zero attached hydrogens (tertiary/aromatic N) is 2. The number of hydrogen-bond donors (Lipinski definition) is 2. The minimum absolute atomic E-state index is 0.00200. The third kappa shape index (κ3) is 5.49. The fraction of sp³-hybridized carbons (Fsp3) is 0.172. The van der Waals surface area contributed by atoms with E-state index in [1.165, 1.54) is 24.1 Å². The standard InChI is InChI=1S/C29H25FN4O5/c1-17(35)33-14-21-16-34(29(37)38-21)20-10-11-22(25(30)12-20)19-8-6-18(7-9-19)13-32-15-24-27(36)23-4-2-3-5-26(23)39-28(24)31/h2-12,15,21H,13-14,16,31H2,1H3,(H,33,35)/t21-/m0/s1. The van der Waals surface area contributed by atoms with Crippen molar-refractivity contribution in [3.8, 4) is 11.1 Å². The summed E-state index contributed by atoms with van der Waals surface area (Å²) in [7, 11) is 0. The van der Waals surface area contributed by atoms with Crippen molar-refractivity contribution < 1.29 is 23.1 Å². The van der Waals surface area contributed by atoms with Crippen molar-refractivity contribution in [2.75, 3.05) is 23.7 Å². The number of amides is 2. The van der Waals surface area contributed by atoms with Gasteiger partial charge in [0, 0.05) is 18.7 Å². The van der Waals surface area contributed by atoms with Crippen LogP contribution >= 0.6 is 0 Å². The van der Waals surface area contributed by atoms with E-state index in [-0.39, 0.29) is 42.4 Å². The first kappa shape index (κ1) is 25.7. The van der Waals surface area contributed by atoms with Crippen LogP contribution in [0, 0.1) is 5.82 Å². The Morgan fingerprint density at radius 2 is 1.92 bits per heavy atom. The Labute approximate surface area is 222 Å². The van der Waals surface area contributed by atoms with Crippen LogP contribution in [0.4, 0.5) is 20.8 Å². The molecule has 4 aromatic rings. The molecule has 0 bridgehead atoms. The predicted molar refractivity (Wildman–Crippen MR) is 146 cm³/mol. The molecular weight excluding hydrogens is 503 g/mol. The number of ether oxygens (including phenoxy) is 1. The van der Waals surface area contributed by atoms with E-state index in [2.05, 4.69) is 10.3 Å². The number of halogens is 1. The molecule has 0 radical (unpaired) electrons. The molecule has 9 nitrogen and oxygen atoms in total. The molecule has 5 rings (SSSR count). The Kier molecular flexibility index (Phi) is 7.09. The lowest BCUT2D eigenvalue weighted by atomic mass is 10.0. The third-order valence-electron chi connectivity index (χ3n) is 6.34. The monoisotopic (exact) mass is 528 g/mol. The van der Waals surface area contributed by atoms with Gasteiger partial charge in [-0.15, -0.1) is 0 Å². The van der Waals surface area contributed by atoms with E-state index in [1.807, 2.05) is 12.1 Å². The van der Waals surface area contributed by atoms with E-state index in [0.717, 1.165) is 5.56 Å². The molecule has 10 heteroatoms. The van der Waals surface area contributed by atoms with Crippen molar-refractivity contribution in [3.05, 3.63) is 93.9 Å². The van der Waals surface area contributed by atoms with E-state index in [0.29, 0.717) is 27.8 Å². The Hall–Kier alpha value is -4.99. The number of hydrogen-bond acceptors (Lipinski definition) is 7. The highest BCUT2D eigenvalue weighted by atomic mass is 19.1. The van der Waals surface area contributed by atoms with Gasteiger partial charge in [0.05, 0.1) is 30.7 Å². The van der Waals surface area contributed by atoms with Gasteiger partial charge in [-0.1, -0.05) is 36.4 Å². The lowest BCUT2D eigenvalue weighted by Gasteiger charge is -2.14. The second kappa shape index (κ2) is 10.8. The van der Waals surface area contributed by atoms with Gasteiger partial charge >= 0.3 is 6.09 Å². The number of cyclic esters (lactones) is 1. The van der Waals surface area contributed by atoms with Gasteiger partial charge < -0.3 is 20.2 Å². The normalized spacial score (nSPS) is 15.2. The Morgan fingerprint density at radius 3 is 2.67 bits per heavy atom. The molecule has 0 spiro atoms. The Balaban J connectivity index is 1.26. The first-order chi connectivity index (χ1) is 18.8. The minimum Gasteiger partial charge on any atom is -0.442 e. The fourth-order valence-electron chi connectivity index (χ4n) is 4.33. The van der Waals surface area contributed by atoms with Crippen LogP contribution in [0.25, 0.3) is 22.1 Å². The molecule has 2 heterocycles. The predicted octanol–water partition coefficient (Wildman–Crippen LogP) is 4.26. The van der Waals surface area contributed by atoms with E-state index < -0.39 is 18.0 Å². The van der Waals surface area contributed by atoms with E-state index in [9.17, 15) is 14.4 Å². The molecular formula is C29H25FN4O5. The third-order valence-corrected chi connectivity index (χ3v) is 6.34. The van der Waals surface area contributed by atoms with Gasteiger partial charge in [-0.2, -0.15) is 0 Å². The molecule has 0 saturated carbocycles. The lowest BCUT2D eigenvalue weighted by molar-refractivity contribution is -0.119. The maximum absolute atomic E-state index is 15.0. The molecule has 1 aliphatic heterocycles. The van der Waals surface area contributed by atoms with E-state index >= 15 is 4.39 Å². The molecule has 1 saturated heterocycles. The minimum atomic E-state index is -0.592. The average Bonchev–Trinajstić information content (AvgIpc) is 3.30. The molecule has 39 heavy (non-hydrogen) atoms. The number of anilines is 2. The first-order valence-electron chi connectivity index (χ1n) is 12.2. The number of nitrogens with one attached hydrogen (secondary N) is 1. The van der Waals surface area contributed by atoms with Crippen molar-refractivity contribution in [2.45, 2.75) is 19.6 Å². The zero-order valence-electron chi connectivity index (χ0n) is 21.0. The second-order valence-corrected chi connectivity index (χ2v) is 9.09. The van der Waals surface area contributed by atoms with E-state index in [4.69, 9.17) is 14.9 Å². The van der Waals surface area contributed by atoms with Gasteiger partial charge in [-0.25, -0.2) is 9.18 Å². The molecule has 3 aromatic carbocycles. The zero-order valence-corrected chi connectivity index (χ0v) is 21.0. The molecule has 1 fully saturated rings. The van der Waals surface area contributed by atoms with Gasteiger partial charge in [0.1, 0.15) is 23.1 Å². The van der Waals surface area contributed by atoms with Gasteiger partial charge in [0.2, 0.25) is 17.2 Å². The van der Waals surface area contributed by atoms with Crippen molar-refractivity contribution in [3.63, 3.8) is 0 Å². The molecule has 1 atom stereocenters. The van der Waals surface area contributed by atoms with Gasteiger partial charge in [-0.05, 0) is 41.5 Å². The number of benzene rings is 3. The van der Waals surface area contributed by atoms with Gasteiger partial charge in [0.15, 0.2) is 0 Å². The van der Waals surface area contributed by atoms with Crippen molar-refractivity contribution in [1.82, 2.24) is 5.32 Å². The second-order valence-electron chi connectivity index (χ2n) is 9.09. The maximum atomic E-state index is 15.0. The summed E-state index contributed by atoms with van der Waals surface area (Å²) in [5.41, 5.74) is 8.51. The summed E-state index contributed by atoms with van der Waals surface area (Å²) in [6.45, 7) is 2.06. The molecule has 0 aliphatic carbocycles. The number of nitrogens with two attached hydrogens (primary N) is 1. The quantitative estimate of drug-likeness (QED) is 0.345. The van der Waals surface area contributed by atoms with Crippen molar-refractivity contribution in [1.29, 1.82) is 0 Å². The summed E-state index contributed by atoms with van der Waals surface area (Å²) < 4.78 is 25.8. The molecule has 2 amide bonds. The molecule has 1 aliphatic rings. The number of fused-ring (bicyclic) bond motifs is 1. The van der Waals surface area contributed by atoms with Crippen LogP contribution in [0.2, 0.25) is 0 Å². The van der Waals surface area contributed by atoms with Crippen molar-refractivity contribution >= 4 is 40.8 Å². The molecule has 0 unspecified atom stereocenters. The van der Waals surface area contributed by atoms with Crippen LogP contribution in [0.5, 0.6) is 0 Å². The molecule has 198 valence electrons. The summed E-state index contributed by atoms with van der Waals surface area (Å²) >= 11 is 0. The summed E-state index contributed by atoms with van der Waals surface area (Å²) in [5.74, 6) is -0.711. The average molecular weight is 529 g/mol. The topological polar surface area (TPSA) is 127 Å². The Morgan fingerprint density at radius 1 is 1.15 bits per heavy atom. The smallest absolute Gasteiger partial charge is 0.414 e. The van der Waals surface area contributed by atoms with Crippen LogP contribution in [-0.2, 0) is 16.1 Å². The number of carbonyl (C=O) groups is 2. The van der Waals surface area contributed by atoms with Crippen LogP contribution in [0.1, 0.15) is 18.1 Å². The molecule has 3 N–H and O–H groups in total. The van der Waals surface area contributed by atoms with Crippen LogP contribution in [0.15, 0.2) is 80.9 Å². The van der Waals surface area contributed by atoms with E-state index in [1.54, 1.807) is 48.5 Å². The molecule has 1 aromatic heterocycles. The number of carbonyl (C=O) groups excluding carboxylic acids is 2. The summed E-state index contributed by atoms with van der Waals surface area (Å²) in [6.07, 6.45) is 0.307. The number of rotatable bonds is 7. The SMILES string of the molecule is CC(=O)NC[C@H]1CN(c2ccc(-c3ccc(CN=Cc4c(N)oc5ccccc5c4=O)cc3)c(F)c2)C(=O)O1. The summed E-state index contributed by atoms with van der Waals surface area (Å²) in [6, 6.07) is 18.6. The highest BCUT2D eigenvalue weighted by Gasteiger charge is 2.32. The first-order valence-corrected chi connectivity index (χ1v) is 12.2. The lowest BCUT2D eigenvalue weighted by Crippen LogP contribution is -2.33. The largest absolute Gasteiger partial charge is 0.442 e. The summed E-state index contributed by atoms with van der Waals surface area (Å²) in [4.78, 5) is 41.7. The number of nitrogen functional groups attached to an aromatic ring is 1. The zero-order chi connectivity index (χ0) is 27.5. The van der Waals surface area contributed by atoms with Crippen LogP contribution in [-0.4, -0.2) is 37.4 Å². The number of aliphatic imine (C=N–C) groups is 1. The highest BCUT2D eigenvalue weighted by molar-refractivity contribution is 5.91. The number of para-hydroxylation sites is 1. The van der Waals surface area contributed by atoms with Crippen LogP contribution < -0.4 is 21.4 Å². The fourth-order valence-corrected chi connectivity index (χ4v) is 4.33. The van der Waals surface area contributed by atoms with Crippen LogP contribution in [0.3, 0.4) is 0 Å². The van der Waals surface area contributed by atoms with Gasteiger partial charge in [-0.3, -0.25) is 19.5 Å². The van der Waals surface area contributed by atoms with Crippen molar-refractivity contribution in [2.24, 2.45) is 4.99 Å².